The van der Waals surface area contributed by atoms with E-state index >= 15 is 0 Å². The third-order valence-corrected chi connectivity index (χ3v) is 4.29. The number of nitrogens with two attached hydrogens (primary N) is 1. The summed E-state index contributed by atoms with van der Waals surface area (Å²) in [7, 11) is 0. The highest BCUT2D eigenvalue weighted by molar-refractivity contribution is 6.35. The zero-order chi connectivity index (χ0) is 17.3. The molecule has 0 aliphatic rings. The molecule has 24 heavy (non-hydrogen) atoms. The van der Waals surface area contributed by atoms with Crippen molar-refractivity contribution in [2.75, 3.05) is 5.73 Å². The Hall–Kier alpha value is -2.54. The number of pyridine rings is 1. The second-order valence-electron chi connectivity index (χ2n) is 5.42. The lowest BCUT2D eigenvalue weighted by Gasteiger charge is -2.11. The molecule has 0 fully saturated rings. The van der Waals surface area contributed by atoms with Gasteiger partial charge in [0.25, 0.3) is 0 Å². The Labute approximate surface area is 150 Å². The van der Waals surface area contributed by atoms with Gasteiger partial charge in [0.05, 0.1) is 10.7 Å². The minimum Gasteiger partial charge on any atom is -0.383 e. The second kappa shape index (κ2) is 6.52. The van der Waals surface area contributed by atoms with Crippen molar-refractivity contribution in [2.45, 2.75) is 6.92 Å². The summed E-state index contributed by atoms with van der Waals surface area (Å²) in [5, 5.41) is 10.5. The molecule has 0 saturated heterocycles. The highest BCUT2D eigenvalue weighted by Crippen LogP contribution is 2.35. The number of halogens is 2. The molecule has 0 aliphatic carbocycles. The van der Waals surface area contributed by atoms with Gasteiger partial charge < -0.3 is 5.73 Å². The van der Waals surface area contributed by atoms with Crippen LogP contribution in [0.15, 0.2) is 48.5 Å². The molecule has 0 bridgehead atoms. The van der Waals surface area contributed by atoms with Crippen LogP contribution < -0.4 is 5.73 Å². The van der Waals surface area contributed by atoms with Crippen LogP contribution in [0.5, 0.6) is 0 Å². The fourth-order valence-electron chi connectivity index (χ4n) is 2.47. The zero-order valence-corrected chi connectivity index (χ0v) is 14.4. The number of nitriles is 1. The van der Waals surface area contributed by atoms with E-state index in [0.717, 1.165) is 16.7 Å². The van der Waals surface area contributed by atoms with E-state index in [9.17, 15) is 5.26 Å². The van der Waals surface area contributed by atoms with Crippen LogP contribution in [0.2, 0.25) is 10.0 Å². The summed E-state index contributed by atoms with van der Waals surface area (Å²) in [6.07, 6.45) is 0. The Morgan fingerprint density at radius 1 is 1.00 bits per heavy atom. The predicted molar refractivity (Wildman–Crippen MR) is 99.0 cm³/mol. The first-order valence-electron chi connectivity index (χ1n) is 7.22. The van der Waals surface area contributed by atoms with E-state index in [0.29, 0.717) is 26.9 Å². The standard InChI is InChI=1S/C19H13Cl2N3/c1-11-2-4-12(5-3-11)14-9-18(24-19(23)16(14)10-22)15-8-13(20)6-7-17(15)21/h2-9H,1H3,(H2,23,24). The Kier molecular flexibility index (Phi) is 4.44. The van der Waals surface area contributed by atoms with E-state index in [1.54, 1.807) is 18.2 Å². The molecule has 1 heterocycles. The molecule has 2 N–H and O–H groups in total. The van der Waals surface area contributed by atoms with Crippen LogP contribution in [0.1, 0.15) is 11.1 Å². The molecule has 3 nitrogen and oxygen atoms in total. The smallest absolute Gasteiger partial charge is 0.142 e. The molecule has 2 aromatic carbocycles. The Morgan fingerprint density at radius 2 is 1.71 bits per heavy atom. The fraction of sp³-hybridized carbons (Fsp3) is 0.0526. The maximum atomic E-state index is 9.46. The summed E-state index contributed by atoms with van der Waals surface area (Å²) >= 11 is 12.3. The van der Waals surface area contributed by atoms with Crippen LogP contribution in [0, 0.1) is 18.3 Å². The van der Waals surface area contributed by atoms with E-state index in [-0.39, 0.29) is 5.82 Å². The lowest BCUT2D eigenvalue weighted by Crippen LogP contribution is -2.00. The van der Waals surface area contributed by atoms with Crippen molar-refractivity contribution < 1.29 is 0 Å². The van der Waals surface area contributed by atoms with Gasteiger partial charge in [-0.2, -0.15) is 5.26 Å². The van der Waals surface area contributed by atoms with Crippen molar-refractivity contribution in [3.63, 3.8) is 0 Å². The van der Waals surface area contributed by atoms with Gasteiger partial charge in [-0.3, -0.25) is 0 Å². The number of nitrogen functional groups attached to an aromatic ring is 1. The predicted octanol–water partition coefficient (Wildman–Crippen LogP) is 5.48. The zero-order valence-electron chi connectivity index (χ0n) is 12.8. The average molecular weight is 354 g/mol. The van der Waals surface area contributed by atoms with Crippen LogP contribution in [-0.4, -0.2) is 4.98 Å². The van der Waals surface area contributed by atoms with Crippen LogP contribution in [0.25, 0.3) is 22.4 Å². The van der Waals surface area contributed by atoms with Gasteiger partial charge in [0, 0.05) is 16.1 Å². The molecule has 0 amide bonds. The van der Waals surface area contributed by atoms with Gasteiger partial charge in [0.2, 0.25) is 0 Å². The number of benzene rings is 2. The highest BCUT2D eigenvalue weighted by atomic mass is 35.5. The van der Waals surface area contributed by atoms with Crippen LogP contribution >= 0.6 is 23.2 Å². The summed E-state index contributed by atoms with van der Waals surface area (Å²) in [6, 6.07) is 17.0. The Balaban J connectivity index is 2.26. The molecule has 0 saturated carbocycles. The van der Waals surface area contributed by atoms with E-state index in [1.807, 2.05) is 37.3 Å². The Morgan fingerprint density at radius 3 is 2.38 bits per heavy atom. The van der Waals surface area contributed by atoms with Crippen LogP contribution in [0.3, 0.4) is 0 Å². The van der Waals surface area contributed by atoms with Crippen molar-refractivity contribution in [1.82, 2.24) is 4.98 Å². The number of hydrogen-bond donors (Lipinski definition) is 1. The maximum absolute atomic E-state index is 9.46. The van der Waals surface area contributed by atoms with E-state index in [2.05, 4.69) is 11.1 Å². The quantitative estimate of drug-likeness (QED) is 0.662. The van der Waals surface area contributed by atoms with Crippen molar-refractivity contribution in [1.29, 1.82) is 5.26 Å². The number of anilines is 1. The molecule has 118 valence electrons. The number of hydrogen-bond acceptors (Lipinski definition) is 3. The third kappa shape index (κ3) is 3.07. The highest BCUT2D eigenvalue weighted by Gasteiger charge is 2.15. The molecule has 0 atom stereocenters. The SMILES string of the molecule is Cc1ccc(-c2cc(-c3cc(Cl)ccc3Cl)nc(N)c2C#N)cc1. The van der Waals surface area contributed by atoms with Crippen LogP contribution in [0.4, 0.5) is 5.82 Å². The van der Waals surface area contributed by atoms with Crippen LogP contribution in [-0.2, 0) is 0 Å². The summed E-state index contributed by atoms with van der Waals surface area (Å²) in [5.74, 6) is 0.168. The van der Waals surface area contributed by atoms with Gasteiger partial charge in [0.1, 0.15) is 17.5 Å². The lowest BCUT2D eigenvalue weighted by molar-refractivity contribution is 1.31. The summed E-state index contributed by atoms with van der Waals surface area (Å²) in [5.41, 5.74) is 10.4. The number of nitrogens with zero attached hydrogens (tertiary/aromatic N) is 2. The minimum atomic E-state index is 0.168. The van der Waals surface area contributed by atoms with Crippen molar-refractivity contribution in [3.05, 3.63) is 69.7 Å². The molecule has 0 aliphatic heterocycles. The molecule has 5 heteroatoms. The Bertz CT molecular complexity index is 958. The van der Waals surface area contributed by atoms with Gasteiger partial charge in [-0.25, -0.2) is 4.98 Å². The molecule has 0 unspecified atom stereocenters. The molecule has 0 spiro atoms. The van der Waals surface area contributed by atoms with Crippen molar-refractivity contribution in [3.8, 4) is 28.5 Å². The molecule has 3 rings (SSSR count). The normalized spacial score (nSPS) is 10.4. The number of aromatic nitrogens is 1. The first-order valence-corrected chi connectivity index (χ1v) is 7.98. The van der Waals surface area contributed by atoms with Crippen molar-refractivity contribution in [2.24, 2.45) is 0 Å². The fourth-order valence-corrected chi connectivity index (χ4v) is 2.86. The van der Waals surface area contributed by atoms with Gasteiger partial charge >= 0.3 is 0 Å². The summed E-state index contributed by atoms with van der Waals surface area (Å²) < 4.78 is 0. The van der Waals surface area contributed by atoms with E-state index < -0.39 is 0 Å². The molecule has 0 radical (unpaired) electrons. The third-order valence-electron chi connectivity index (χ3n) is 3.73. The first kappa shape index (κ1) is 16.3. The maximum Gasteiger partial charge on any atom is 0.142 e. The lowest BCUT2D eigenvalue weighted by atomic mass is 9.98. The van der Waals surface area contributed by atoms with E-state index in [4.69, 9.17) is 28.9 Å². The topological polar surface area (TPSA) is 62.7 Å². The van der Waals surface area contributed by atoms with Crippen molar-refractivity contribution >= 4 is 29.0 Å². The summed E-state index contributed by atoms with van der Waals surface area (Å²) in [6.45, 7) is 2.01. The molecule has 1 aromatic heterocycles. The van der Waals surface area contributed by atoms with E-state index in [1.165, 1.54) is 0 Å². The average Bonchev–Trinajstić information content (AvgIpc) is 2.57. The number of aryl methyl sites for hydroxylation is 1. The van der Waals surface area contributed by atoms with Gasteiger partial charge in [-0.15, -0.1) is 0 Å². The monoisotopic (exact) mass is 353 g/mol. The second-order valence-corrected chi connectivity index (χ2v) is 6.26. The van der Waals surface area contributed by atoms with Gasteiger partial charge in [-0.05, 0) is 36.8 Å². The molecular weight excluding hydrogens is 341 g/mol. The summed E-state index contributed by atoms with van der Waals surface area (Å²) in [4.78, 5) is 4.33. The van der Waals surface area contributed by atoms with Gasteiger partial charge in [0.15, 0.2) is 0 Å². The minimum absolute atomic E-state index is 0.168. The molecule has 3 aromatic rings. The first-order chi connectivity index (χ1) is 11.5. The molecular formula is C19H13Cl2N3. The van der Waals surface area contributed by atoms with Gasteiger partial charge in [-0.1, -0.05) is 53.0 Å². The largest absolute Gasteiger partial charge is 0.383 e. The number of rotatable bonds is 2.